The zero-order valence-corrected chi connectivity index (χ0v) is 11.9. The number of hydrogen-bond acceptors (Lipinski definition) is 6. The molecular weight excluding hydrogens is 288 g/mol. The second-order valence-corrected chi connectivity index (χ2v) is 4.38. The van der Waals surface area contributed by atoms with Crippen molar-refractivity contribution in [1.82, 2.24) is 19.7 Å². The predicted octanol–water partition coefficient (Wildman–Crippen LogP) is 0.486. The molecule has 1 aromatic carbocycles. The van der Waals surface area contributed by atoms with Crippen LogP contribution in [0.1, 0.15) is 0 Å². The summed E-state index contributed by atoms with van der Waals surface area (Å²) in [5.41, 5.74) is -0.855. The molecule has 22 heavy (non-hydrogen) atoms. The predicted molar refractivity (Wildman–Crippen MR) is 78.9 cm³/mol. The first-order valence-electron chi connectivity index (χ1n) is 6.35. The van der Waals surface area contributed by atoms with Crippen molar-refractivity contribution in [2.45, 2.75) is 0 Å². The van der Waals surface area contributed by atoms with Crippen LogP contribution in [0.25, 0.3) is 16.7 Å². The summed E-state index contributed by atoms with van der Waals surface area (Å²) in [6.45, 7) is 0. The van der Waals surface area contributed by atoms with Crippen LogP contribution in [-0.2, 0) is 0 Å². The van der Waals surface area contributed by atoms with Crippen molar-refractivity contribution in [3.63, 3.8) is 0 Å². The van der Waals surface area contributed by atoms with Crippen LogP contribution in [0, 0.1) is 0 Å². The van der Waals surface area contributed by atoms with Gasteiger partial charge in [-0.15, -0.1) is 0 Å². The van der Waals surface area contributed by atoms with Crippen molar-refractivity contribution in [3.8, 4) is 17.7 Å². The molecule has 0 aliphatic rings. The maximum Gasteiger partial charge on any atom is 0.280 e. The molecule has 0 unspecified atom stereocenters. The molecule has 0 radical (unpaired) electrons. The van der Waals surface area contributed by atoms with Crippen molar-refractivity contribution >= 4 is 10.8 Å². The smallest absolute Gasteiger partial charge is 0.280 e. The molecule has 8 heteroatoms. The molecule has 2 heterocycles. The topological polar surface area (TPSA) is 99.1 Å². The Hall–Kier alpha value is -3.16. The Morgan fingerprint density at radius 1 is 1.00 bits per heavy atom. The van der Waals surface area contributed by atoms with E-state index in [1.54, 1.807) is 24.3 Å². The molecule has 0 fully saturated rings. The lowest BCUT2D eigenvalue weighted by atomic mass is 10.2. The summed E-state index contributed by atoms with van der Waals surface area (Å²) in [5.74, 6) is 0.384. The Labute approximate surface area is 124 Å². The molecule has 0 saturated heterocycles. The number of rotatable bonds is 3. The number of benzene rings is 1. The summed E-state index contributed by atoms with van der Waals surface area (Å²) in [5, 5.41) is 3.03. The van der Waals surface area contributed by atoms with Crippen LogP contribution in [-0.4, -0.2) is 34.0 Å². The number of H-pyrrole nitrogens is 1. The number of ether oxygens (including phenoxy) is 2. The fraction of sp³-hybridized carbons (Fsp3) is 0.143. The van der Waals surface area contributed by atoms with Gasteiger partial charge in [0.1, 0.15) is 0 Å². The maximum absolute atomic E-state index is 12.5. The van der Waals surface area contributed by atoms with Gasteiger partial charge in [0.15, 0.2) is 0 Å². The van der Waals surface area contributed by atoms with Crippen molar-refractivity contribution in [1.29, 1.82) is 0 Å². The Bertz CT molecular complexity index is 939. The summed E-state index contributed by atoms with van der Waals surface area (Å²) < 4.78 is 11.0. The minimum Gasteiger partial charge on any atom is -0.481 e. The number of nitrogens with zero attached hydrogens (tertiary/aromatic N) is 3. The first-order valence-corrected chi connectivity index (χ1v) is 6.35. The minimum atomic E-state index is -0.439. The van der Waals surface area contributed by atoms with Crippen molar-refractivity contribution in [2.75, 3.05) is 14.2 Å². The zero-order chi connectivity index (χ0) is 15.7. The molecule has 0 spiro atoms. The van der Waals surface area contributed by atoms with E-state index >= 15 is 0 Å². The molecule has 0 amide bonds. The van der Waals surface area contributed by atoms with E-state index in [1.807, 2.05) is 0 Å². The second kappa shape index (κ2) is 5.32. The standard InChI is InChI=1S/C14H12N4O4/c1-21-10-7-11(22-2)16-14(15-10)18-13(20)9-6-4-3-5-8(9)12(19)17-18/h3-7H,1-2H3,(H,17,19). The molecule has 2 aromatic heterocycles. The van der Waals surface area contributed by atoms with Gasteiger partial charge in [0, 0.05) is 0 Å². The van der Waals surface area contributed by atoms with E-state index in [-0.39, 0.29) is 23.1 Å². The Morgan fingerprint density at radius 3 is 2.18 bits per heavy atom. The normalized spacial score (nSPS) is 10.6. The van der Waals surface area contributed by atoms with Crippen molar-refractivity contribution in [2.24, 2.45) is 0 Å². The molecule has 112 valence electrons. The monoisotopic (exact) mass is 300 g/mol. The van der Waals surface area contributed by atoms with Gasteiger partial charge < -0.3 is 9.47 Å². The van der Waals surface area contributed by atoms with Gasteiger partial charge in [-0.25, -0.2) is 0 Å². The van der Waals surface area contributed by atoms with Gasteiger partial charge in [-0.3, -0.25) is 14.7 Å². The molecule has 0 bridgehead atoms. The van der Waals surface area contributed by atoms with E-state index in [1.165, 1.54) is 20.3 Å². The highest BCUT2D eigenvalue weighted by molar-refractivity contribution is 5.80. The third-order valence-electron chi connectivity index (χ3n) is 3.10. The summed E-state index contributed by atoms with van der Waals surface area (Å²) in [4.78, 5) is 32.7. The number of aromatic nitrogens is 4. The first-order chi connectivity index (χ1) is 10.6. The van der Waals surface area contributed by atoms with Crippen LogP contribution in [0.5, 0.6) is 11.8 Å². The van der Waals surface area contributed by atoms with Crippen LogP contribution in [0.15, 0.2) is 39.9 Å². The molecule has 3 rings (SSSR count). The third-order valence-corrected chi connectivity index (χ3v) is 3.10. The molecule has 8 nitrogen and oxygen atoms in total. The van der Waals surface area contributed by atoms with Crippen LogP contribution in [0.2, 0.25) is 0 Å². The van der Waals surface area contributed by atoms with Gasteiger partial charge >= 0.3 is 0 Å². The third kappa shape index (κ3) is 2.20. The van der Waals surface area contributed by atoms with E-state index in [4.69, 9.17) is 9.47 Å². The van der Waals surface area contributed by atoms with Gasteiger partial charge in [0.05, 0.1) is 31.1 Å². The number of nitrogens with one attached hydrogen (secondary N) is 1. The molecule has 3 aromatic rings. The summed E-state index contributed by atoms with van der Waals surface area (Å²) in [6, 6.07) is 7.98. The maximum atomic E-state index is 12.5. The highest BCUT2D eigenvalue weighted by atomic mass is 16.5. The van der Waals surface area contributed by atoms with Gasteiger partial charge in [0.2, 0.25) is 11.8 Å². The average molecular weight is 300 g/mol. The quantitative estimate of drug-likeness (QED) is 0.755. The largest absolute Gasteiger partial charge is 0.481 e. The molecule has 0 aliphatic heterocycles. The van der Waals surface area contributed by atoms with Gasteiger partial charge in [0.25, 0.3) is 17.1 Å². The molecule has 0 aliphatic carbocycles. The van der Waals surface area contributed by atoms with Gasteiger partial charge in [-0.05, 0) is 12.1 Å². The van der Waals surface area contributed by atoms with Crippen LogP contribution < -0.4 is 20.6 Å². The highest BCUT2D eigenvalue weighted by Crippen LogP contribution is 2.16. The Morgan fingerprint density at radius 2 is 1.59 bits per heavy atom. The molecule has 1 N–H and O–H groups in total. The van der Waals surface area contributed by atoms with E-state index < -0.39 is 11.1 Å². The van der Waals surface area contributed by atoms with E-state index in [9.17, 15) is 9.59 Å². The van der Waals surface area contributed by atoms with Crippen molar-refractivity contribution < 1.29 is 9.47 Å². The Balaban J connectivity index is 2.34. The van der Waals surface area contributed by atoms with Crippen LogP contribution in [0.4, 0.5) is 0 Å². The molecular formula is C14H12N4O4. The van der Waals surface area contributed by atoms with Gasteiger partial charge in [-0.2, -0.15) is 14.6 Å². The van der Waals surface area contributed by atoms with Crippen LogP contribution >= 0.6 is 0 Å². The minimum absolute atomic E-state index is 0.0379. The number of fused-ring (bicyclic) bond motifs is 1. The first kappa shape index (κ1) is 13.8. The van der Waals surface area contributed by atoms with Gasteiger partial charge in [-0.1, -0.05) is 12.1 Å². The van der Waals surface area contributed by atoms with Crippen LogP contribution in [0.3, 0.4) is 0 Å². The average Bonchev–Trinajstić information content (AvgIpc) is 2.57. The second-order valence-electron chi connectivity index (χ2n) is 4.38. The SMILES string of the molecule is COc1cc(OC)nc(-n2[nH]c(=O)c3ccccc3c2=O)n1. The van der Waals surface area contributed by atoms with E-state index in [0.717, 1.165) is 4.68 Å². The summed E-state index contributed by atoms with van der Waals surface area (Å²) in [7, 11) is 2.86. The molecule has 0 atom stereocenters. The number of hydrogen-bond donors (Lipinski definition) is 1. The van der Waals surface area contributed by atoms with E-state index in [0.29, 0.717) is 5.39 Å². The lowest BCUT2D eigenvalue weighted by Gasteiger charge is -2.08. The summed E-state index contributed by atoms with van der Waals surface area (Å²) >= 11 is 0. The fourth-order valence-corrected chi connectivity index (χ4v) is 2.04. The van der Waals surface area contributed by atoms with Crippen molar-refractivity contribution in [3.05, 3.63) is 51.0 Å². The zero-order valence-electron chi connectivity index (χ0n) is 11.9. The number of methoxy groups -OCH3 is 2. The molecule has 0 saturated carbocycles. The Kier molecular flexibility index (Phi) is 3.34. The summed E-state index contributed by atoms with van der Waals surface area (Å²) in [6.07, 6.45) is 0. The van der Waals surface area contributed by atoms with E-state index in [2.05, 4.69) is 15.1 Å². The highest BCUT2D eigenvalue weighted by Gasteiger charge is 2.13. The lowest BCUT2D eigenvalue weighted by molar-refractivity contribution is 0.369. The lowest BCUT2D eigenvalue weighted by Crippen LogP contribution is -2.29. The fourth-order valence-electron chi connectivity index (χ4n) is 2.04. The number of aromatic amines is 1.